The number of benzene rings is 7. The van der Waals surface area contributed by atoms with Gasteiger partial charge in [-0.05, 0) is 48.5 Å². The highest BCUT2D eigenvalue weighted by Crippen LogP contribution is 2.42. The third-order valence-electron chi connectivity index (χ3n) is 10.6. The van der Waals surface area contributed by atoms with Crippen LogP contribution in [-0.4, -0.2) is 24.9 Å². The van der Waals surface area contributed by atoms with Gasteiger partial charge in [-0.2, -0.15) is 0 Å². The Morgan fingerprint density at radius 2 is 0.982 bits per heavy atom. The molecule has 0 N–H and O–H groups in total. The standard InChI is InChI=1S/C49H27N5O2S/c1-3-12-28(13-4-1)43-45-44(34-17-8-10-21-41(34)57-45)51-49(50-43)35-18-11-20-39-42(35)36-26-30(23-25-38(36)55-39)47-52-46(29-14-5-2-6-15-29)53-48(54-47)31-22-24-33-32-16-7-9-19-37(32)56-40(33)27-31/h1-27H. The zero-order valence-corrected chi connectivity index (χ0v) is 30.9. The molecule has 8 heteroatoms. The average Bonchev–Trinajstić information content (AvgIpc) is 3.97. The molecule has 0 saturated heterocycles. The van der Waals surface area contributed by atoms with Crippen LogP contribution in [0.25, 0.3) is 121 Å². The summed E-state index contributed by atoms with van der Waals surface area (Å²) >= 11 is 1.73. The fourth-order valence-corrected chi connectivity index (χ4v) is 9.02. The summed E-state index contributed by atoms with van der Waals surface area (Å²) in [4.78, 5) is 25.7. The number of fused-ring (bicyclic) bond motifs is 9. The molecule has 7 nitrogen and oxygen atoms in total. The number of para-hydroxylation sites is 1. The fraction of sp³-hybridized carbons (Fsp3) is 0. The maximum atomic E-state index is 6.50. The van der Waals surface area contributed by atoms with Gasteiger partial charge in [-0.1, -0.05) is 115 Å². The molecule has 0 fully saturated rings. The van der Waals surface area contributed by atoms with Gasteiger partial charge in [-0.25, -0.2) is 24.9 Å². The Bertz CT molecular complexity index is 3540. The molecule has 0 aliphatic heterocycles. The van der Waals surface area contributed by atoms with E-state index >= 15 is 0 Å². The molecule has 266 valence electrons. The Balaban J connectivity index is 1.06. The number of aromatic nitrogens is 5. The van der Waals surface area contributed by atoms with E-state index in [1.807, 2.05) is 84.9 Å². The molecular weight excluding hydrogens is 723 g/mol. The Kier molecular flexibility index (Phi) is 6.96. The third-order valence-corrected chi connectivity index (χ3v) is 11.7. The second kappa shape index (κ2) is 12.5. The van der Waals surface area contributed by atoms with Crippen LogP contribution in [0.3, 0.4) is 0 Å². The molecule has 0 spiro atoms. The predicted octanol–water partition coefficient (Wildman–Crippen LogP) is 13.2. The van der Waals surface area contributed by atoms with Gasteiger partial charge in [-0.3, -0.25) is 0 Å². The molecule has 0 radical (unpaired) electrons. The van der Waals surface area contributed by atoms with Crippen LogP contribution in [0, 0.1) is 0 Å². The zero-order chi connectivity index (χ0) is 37.5. The van der Waals surface area contributed by atoms with Crippen molar-refractivity contribution in [2.75, 3.05) is 0 Å². The van der Waals surface area contributed by atoms with Gasteiger partial charge in [0.25, 0.3) is 0 Å². The molecule has 0 aliphatic rings. The van der Waals surface area contributed by atoms with Crippen molar-refractivity contribution in [3.8, 4) is 56.8 Å². The minimum Gasteiger partial charge on any atom is -0.456 e. The first-order valence-corrected chi connectivity index (χ1v) is 19.5. The predicted molar refractivity (Wildman–Crippen MR) is 230 cm³/mol. The van der Waals surface area contributed by atoms with Gasteiger partial charge in [0.05, 0.1) is 15.9 Å². The van der Waals surface area contributed by atoms with E-state index in [0.717, 1.165) is 93.0 Å². The first-order chi connectivity index (χ1) is 28.2. The first-order valence-electron chi connectivity index (χ1n) is 18.7. The van der Waals surface area contributed by atoms with E-state index in [4.69, 9.17) is 33.8 Å². The maximum Gasteiger partial charge on any atom is 0.164 e. The normalized spacial score (nSPS) is 11.9. The summed E-state index contributed by atoms with van der Waals surface area (Å²) in [6.07, 6.45) is 0. The van der Waals surface area contributed by atoms with Crippen LogP contribution in [0.1, 0.15) is 0 Å². The zero-order valence-electron chi connectivity index (χ0n) is 30.0. The van der Waals surface area contributed by atoms with Gasteiger partial charge in [0, 0.05) is 59.4 Å². The molecule has 5 heterocycles. The lowest BCUT2D eigenvalue weighted by atomic mass is 10.0. The van der Waals surface area contributed by atoms with Crippen LogP contribution in [0.5, 0.6) is 0 Å². The number of furan rings is 2. The van der Waals surface area contributed by atoms with Crippen molar-refractivity contribution in [1.29, 1.82) is 0 Å². The topological polar surface area (TPSA) is 90.7 Å². The van der Waals surface area contributed by atoms with Gasteiger partial charge in [0.15, 0.2) is 23.3 Å². The molecule has 0 aliphatic carbocycles. The van der Waals surface area contributed by atoms with Crippen LogP contribution in [-0.2, 0) is 0 Å². The summed E-state index contributed by atoms with van der Waals surface area (Å²) in [5, 5.41) is 5.09. The third kappa shape index (κ3) is 5.15. The van der Waals surface area contributed by atoms with Crippen molar-refractivity contribution in [3.63, 3.8) is 0 Å². The quantitative estimate of drug-likeness (QED) is 0.173. The van der Waals surface area contributed by atoms with E-state index < -0.39 is 0 Å². The number of nitrogens with zero attached hydrogens (tertiary/aromatic N) is 5. The Hall–Kier alpha value is -7.55. The fourth-order valence-electron chi connectivity index (χ4n) is 7.87. The summed E-state index contributed by atoms with van der Waals surface area (Å²) in [7, 11) is 0. The van der Waals surface area contributed by atoms with Crippen LogP contribution in [0.2, 0.25) is 0 Å². The first kappa shape index (κ1) is 31.8. The molecule has 0 amide bonds. The minimum absolute atomic E-state index is 0.547. The van der Waals surface area contributed by atoms with Gasteiger partial charge in [0.1, 0.15) is 22.3 Å². The highest BCUT2D eigenvalue weighted by molar-refractivity contribution is 7.26. The summed E-state index contributed by atoms with van der Waals surface area (Å²) in [6.45, 7) is 0. The monoisotopic (exact) mass is 749 g/mol. The minimum atomic E-state index is 0.547. The summed E-state index contributed by atoms with van der Waals surface area (Å²) < 4.78 is 15.0. The molecule has 0 unspecified atom stereocenters. The Morgan fingerprint density at radius 1 is 0.368 bits per heavy atom. The summed E-state index contributed by atoms with van der Waals surface area (Å²) in [6, 6.07) is 55.2. The maximum absolute atomic E-state index is 6.50. The number of rotatable bonds is 5. The van der Waals surface area contributed by atoms with Crippen LogP contribution >= 0.6 is 11.3 Å². The molecule has 12 aromatic rings. The van der Waals surface area contributed by atoms with Crippen LogP contribution in [0.4, 0.5) is 0 Å². The molecule has 7 aromatic carbocycles. The van der Waals surface area contributed by atoms with Gasteiger partial charge < -0.3 is 8.83 Å². The molecule has 0 saturated carbocycles. The lowest BCUT2D eigenvalue weighted by Crippen LogP contribution is -2.00. The molecule has 0 atom stereocenters. The van der Waals surface area contributed by atoms with E-state index in [1.54, 1.807) is 11.3 Å². The summed E-state index contributed by atoms with van der Waals surface area (Å²) in [5.74, 6) is 2.32. The summed E-state index contributed by atoms with van der Waals surface area (Å²) in [5.41, 5.74) is 9.47. The second-order valence-corrected chi connectivity index (χ2v) is 15.1. The lowest BCUT2D eigenvalue weighted by molar-refractivity contribution is 0.668. The van der Waals surface area contributed by atoms with Crippen LogP contribution in [0.15, 0.2) is 173 Å². The van der Waals surface area contributed by atoms with Crippen molar-refractivity contribution in [2.24, 2.45) is 0 Å². The van der Waals surface area contributed by atoms with Crippen molar-refractivity contribution in [2.45, 2.75) is 0 Å². The number of thiophene rings is 1. The molecular formula is C49H27N5O2S. The second-order valence-electron chi connectivity index (χ2n) is 14.0. The van der Waals surface area contributed by atoms with Gasteiger partial charge in [-0.15, -0.1) is 11.3 Å². The average molecular weight is 750 g/mol. The smallest absolute Gasteiger partial charge is 0.164 e. The Morgan fingerprint density at radius 3 is 1.81 bits per heavy atom. The molecule has 0 bridgehead atoms. The van der Waals surface area contributed by atoms with Crippen molar-refractivity contribution < 1.29 is 8.83 Å². The van der Waals surface area contributed by atoms with E-state index in [-0.39, 0.29) is 0 Å². The Labute approximate surface area is 328 Å². The number of hydrogen-bond acceptors (Lipinski definition) is 8. The van der Waals surface area contributed by atoms with E-state index in [2.05, 4.69) is 78.9 Å². The van der Waals surface area contributed by atoms with E-state index in [1.165, 1.54) is 4.70 Å². The van der Waals surface area contributed by atoms with Gasteiger partial charge >= 0.3 is 0 Å². The van der Waals surface area contributed by atoms with Crippen molar-refractivity contribution in [1.82, 2.24) is 24.9 Å². The number of hydrogen-bond donors (Lipinski definition) is 0. The van der Waals surface area contributed by atoms with E-state index in [0.29, 0.717) is 23.3 Å². The molecule has 5 aromatic heterocycles. The van der Waals surface area contributed by atoms with Crippen LogP contribution < -0.4 is 0 Å². The van der Waals surface area contributed by atoms with Crippen molar-refractivity contribution >= 4 is 75.5 Å². The molecule has 57 heavy (non-hydrogen) atoms. The highest BCUT2D eigenvalue weighted by Gasteiger charge is 2.21. The van der Waals surface area contributed by atoms with Gasteiger partial charge in [0.2, 0.25) is 0 Å². The molecule has 12 rings (SSSR count). The van der Waals surface area contributed by atoms with Crippen molar-refractivity contribution in [3.05, 3.63) is 164 Å². The highest BCUT2D eigenvalue weighted by atomic mass is 32.1. The lowest BCUT2D eigenvalue weighted by Gasteiger charge is -2.09. The largest absolute Gasteiger partial charge is 0.456 e. The van der Waals surface area contributed by atoms with E-state index in [9.17, 15) is 0 Å². The SMILES string of the molecule is c1ccc(-c2nc(-c3ccc4c(c3)oc3ccccc34)nc(-c3ccc4oc5cccc(-c6nc(-c7ccccc7)c7sc8ccccc8c7n6)c5c4c3)n2)cc1.